The second-order valence-electron chi connectivity index (χ2n) is 0.156. The second-order valence-corrected chi connectivity index (χ2v) is 1.07. The van der Waals surface area contributed by atoms with E-state index in [0.29, 0.717) is 0 Å². The van der Waals surface area contributed by atoms with Crippen LogP contribution in [0.4, 0.5) is 0 Å². The van der Waals surface area contributed by atoms with E-state index in [1.54, 1.807) is 5.40 Å². The normalized spacial score (nSPS) is 5.25. The summed E-state index contributed by atoms with van der Waals surface area (Å²) in [4.78, 5) is 0. The fourth-order valence-corrected chi connectivity index (χ4v) is 0. The molecule has 0 heterocycles. The molecular formula is CNNiS. The van der Waals surface area contributed by atoms with Crippen molar-refractivity contribution >= 4 is 10.3 Å². The van der Waals surface area contributed by atoms with Gasteiger partial charge in [0.1, 0.15) is 0 Å². The zero-order valence-corrected chi connectivity index (χ0v) is 3.48. The van der Waals surface area contributed by atoms with Gasteiger partial charge < -0.3 is 0 Å². The maximum atomic E-state index is 7.49. The molecule has 0 spiro atoms. The molecule has 0 saturated heterocycles. The molecule has 0 aromatic carbocycles. The molecule has 4 heavy (non-hydrogen) atoms. The van der Waals surface area contributed by atoms with Crippen molar-refractivity contribution in [2.45, 2.75) is 0 Å². The van der Waals surface area contributed by atoms with Crippen LogP contribution in [0.2, 0.25) is 0 Å². The fourth-order valence-electron chi connectivity index (χ4n) is 0. The van der Waals surface area contributed by atoms with Gasteiger partial charge in [0.15, 0.2) is 0 Å². The van der Waals surface area contributed by atoms with Gasteiger partial charge in [0.2, 0.25) is 0 Å². The van der Waals surface area contributed by atoms with Gasteiger partial charge in [0.05, 0.1) is 0 Å². The Morgan fingerprint density at radius 1 is 2.00 bits per heavy atom. The predicted molar refractivity (Wildman–Crippen MR) is 13.2 cm³/mol. The Kier molecular flexibility index (Phi) is 3.61. The number of hydrogen-bond acceptors (Lipinski definition) is 2. The van der Waals surface area contributed by atoms with Crippen molar-refractivity contribution in [3.63, 3.8) is 0 Å². The van der Waals surface area contributed by atoms with E-state index in [1.165, 1.54) is 0 Å². The summed E-state index contributed by atoms with van der Waals surface area (Å²) in [7, 11) is 0.787. The van der Waals surface area contributed by atoms with Crippen LogP contribution in [-0.2, 0) is 14.4 Å². The van der Waals surface area contributed by atoms with E-state index in [-0.39, 0.29) is 0 Å². The van der Waals surface area contributed by atoms with Crippen LogP contribution in [0.5, 0.6) is 0 Å². The van der Waals surface area contributed by atoms with Gasteiger partial charge in [-0.1, -0.05) is 0 Å². The molecule has 25 valence electrons. The van der Waals surface area contributed by atoms with E-state index < -0.39 is 0 Å². The van der Waals surface area contributed by atoms with E-state index in [9.17, 15) is 0 Å². The monoisotopic (exact) mass is 116 g/mol. The molecule has 0 fully saturated rings. The molecule has 0 atom stereocenters. The molecule has 0 rings (SSSR count). The van der Waals surface area contributed by atoms with E-state index in [4.69, 9.17) is 5.26 Å². The Balaban J connectivity index is 2.43. The molecule has 0 aliphatic heterocycles. The zero-order valence-electron chi connectivity index (χ0n) is 1.67. The van der Waals surface area contributed by atoms with E-state index in [1.807, 2.05) is 0 Å². The van der Waals surface area contributed by atoms with Crippen molar-refractivity contribution in [3.05, 3.63) is 0 Å². The molecular weight excluding hydrogens is 117 g/mol. The number of rotatable bonds is 0. The van der Waals surface area contributed by atoms with Gasteiger partial charge in [-0.05, 0) is 0 Å². The summed E-state index contributed by atoms with van der Waals surface area (Å²) in [6.07, 6.45) is 0. The summed E-state index contributed by atoms with van der Waals surface area (Å²) in [5.74, 6) is 0. The van der Waals surface area contributed by atoms with Gasteiger partial charge in [0, 0.05) is 0 Å². The van der Waals surface area contributed by atoms with Gasteiger partial charge in [-0.3, -0.25) is 0 Å². The average Bonchev–Trinajstić information content (AvgIpc) is 1.37. The van der Waals surface area contributed by atoms with Crippen LogP contribution in [0.25, 0.3) is 0 Å². The molecule has 0 saturated carbocycles. The predicted octanol–water partition coefficient (Wildman–Crippen LogP) is 0.662. The first-order valence-electron chi connectivity index (χ1n) is 0.557. The minimum atomic E-state index is 0.787. The maximum absolute atomic E-state index is 7.49. The molecule has 0 aliphatic rings. The van der Waals surface area contributed by atoms with Crippen molar-refractivity contribution in [2.24, 2.45) is 0 Å². The molecule has 0 bridgehead atoms. The standard InChI is InChI=1S/CHNS.Ni/c2-1-3;/h3H;/q;+1/p-1. The zero-order chi connectivity index (χ0) is 3.41. The summed E-state index contributed by atoms with van der Waals surface area (Å²) in [6, 6.07) is 0. The van der Waals surface area contributed by atoms with Crippen molar-refractivity contribution in [1.29, 1.82) is 5.26 Å². The van der Waals surface area contributed by atoms with Crippen LogP contribution in [0, 0.1) is 10.7 Å². The van der Waals surface area contributed by atoms with E-state index >= 15 is 0 Å². The Morgan fingerprint density at radius 2 is 2.25 bits per heavy atom. The summed E-state index contributed by atoms with van der Waals surface area (Å²) in [5, 5.41) is 9.17. The first-order valence-corrected chi connectivity index (χ1v) is 2.43. The van der Waals surface area contributed by atoms with Gasteiger partial charge >= 0.3 is 35.3 Å². The summed E-state index contributed by atoms with van der Waals surface area (Å²) >= 11 is 3.87. The van der Waals surface area contributed by atoms with Crippen molar-refractivity contribution in [3.8, 4) is 5.40 Å². The third-order valence-electron chi connectivity index (χ3n) is 0.0289. The number of thiocyanates is 1. The molecule has 0 radical (unpaired) electrons. The Bertz CT molecular complexity index is 37.8. The fraction of sp³-hybridized carbons (Fsp3) is 0. The molecule has 0 unspecified atom stereocenters. The Hall–Kier alpha value is 0.334. The van der Waals surface area contributed by atoms with Crippen LogP contribution in [0.15, 0.2) is 0 Å². The molecule has 3 heteroatoms. The van der Waals surface area contributed by atoms with Crippen molar-refractivity contribution < 1.29 is 14.4 Å². The molecule has 0 N–H and O–H groups in total. The molecule has 1 nitrogen and oxygen atoms in total. The second kappa shape index (κ2) is 3.33. The number of nitrogens with zero attached hydrogens (tertiary/aromatic N) is 1. The van der Waals surface area contributed by atoms with Gasteiger partial charge in [-0.15, -0.1) is 0 Å². The van der Waals surface area contributed by atoms with Crippen molar-refractivity contribution in [1.82, 2.24) is 0 Å². The summed E-state index contributed by atoms with van der Waals surface area (Å²) in [6.45, 7) is 0. The minimum absolute atomic E-state index is 0.787. The molecule has 0 amide bonds. The van der Waals surface area contributed by atoms with Crippen molar-refractivity contribution in [2.75, 3.05) is 0 Å². The topological polar surface area (TPSA) is 23.8 Å². The van der Waals surface area contributed by atoms with Crippen LogP contribution < -0.4 is 0 Å². The SMILES string of the molecule is N#C[S][Ni]. The number of hydrogen-bond donors (Lipinski definition) is 0. The first kappa shape index (κ1) is 4.33. The Morgan fingerprint density at radius 3 is 2.25 bits per heavy atom. The van der Waals surface area contributed by atoms with Gasteiger partial charge in [-0.2, -0.15) is 0 Å². The van der Waals surface area contributed by atoms with Crippen LogP contribution >= 0.6 is 10.3 Å². The third kappa shape index (κ3) is 2.33. The van der Waals surface area contributed by atoms with Gasteiger partial charge in [-0.25, -0.2) is 0 Å². The van der Waals surface area contributed by atoms with E-state index in [2.05, 4.69) is 14.4 Å². The molecule has 0 aliphatic carbocycles. The van der Waals surface area contributed by atoms with Crippen LogP contribution in [0.1, 0.15) is 0 Å². The first-order chi connectivity index (χ1) is 1.91. The molecule has 0 aromatic heterocycles. The summed E-state index contributed by atoms with van der Waals surface area (Å²) in [5.41, 5.74) is 0. The van der Waals surface area contributed by atoms with E-state index in [0.717, 1.165) is 10.3 Å². The number of nitriles is 1. The Labute approximate surface area is 35.9 Å². The van der Waals surface area contributed by atoms with Gasteiger partial charge in [0.25, 0.3) is 0 Å². The molecule has 0 aromatic rings. The van der Waals surface area contributed by atoms with Crippen LogP contribution in [0.3, 0.4) is 0 Å². The van der Waals surface area contributed by atoms with Crippen LogP contribution in [-0.4, -0.2) is 0 Å². The third-order valence-corrected chi connectivity index (χ3v) is 0.357. The average molecular weight is 117 g/mol. The quantitative estimate of drug-likeness (QED) is 0.343. The summed E-state index contributed by atoms with van der Waals surface area (Å²) < 4.78 is 0.